The van der Waals surface area contributed by atoms with Crippen molar-refractivity contribution in [2.45, 2.75) is 0 Å². The molecule has 0 radical (unpaired) electrons. The zero-order chi connectivity index (χ0) is 16.9. The van der Waals surface area contributed by atoms with E-state index >= 15 is 0 Å². The minimum absolute atomic E-state index is 0.126. The van der Waals surface area contributed by atoms with Crippen LogP contribution >= 0.6 is 15.9 Å². The summed E-state index contributed by atoms with van der Waals surface area (Å²) < 4.78 is 11.4. The maximum absolute atomic E-state index is 12.2. The van der Waals surface area contributed by atoms with Crippen LogP contribution < -0.4 is 4.74 Å². The lowest BCUT2D eigenvalue weighted by atomic mass is 10.2. The van der Waals surface area contributed by atoms with Crippen molar-refractivity contribution < 1.29 is 14.3 Å². The summed E-state index contributed by atoms with van der Waals surface area (Å²) in [5, 5.41) is 9.66. The summed E-state index contributed by atoms with van der Waals surface area (Å²) in [7, 11) is 0. The lowest BCUT2D eigenvalue weighted by molar-refractivity contribution is 0.0443. The number of ether oxygens (including phenoxy) is 2. The molecule has 5 nitrogen and oxygen atoms in total. The van der Waals surface area contributed by atoms with Gasteiger partial charge in [0.1, 0.15) is 24.7 Å². The molecule has 24 heavy (non-hydrogen) atoms. The number of fused-ring (bicyclic) bond motifs is 1. The number of esters is 1. The second kappa shape index (κ2) is 7.20. The van der Waals surface area contributed by atoms with E-state index in [9.17, 15) is 4.79 Å². The van der Waals surface area contributed by atoms with E-state index in [0.29, 0.717) is 21.5 Å². The van der Waals surface area contributed by atoms with Crippen LogP contribution in [0.4, 0.5) is 0 Å². The van der Waals surface area contributed by atoms with Crippen LogP contribution in [0.15, 0.2) is 53.0 Å². The summed E-state index contributed by atoms with van der Waals surface area (Å²) in [6, 6.07) is 16.4. The SMILES string of the molecule is N#Cc1ccc(OCCOC(=O)c2[nH]c3ccccc3c2Br)cc1. The number of para-hydroxylation sites is 1. The summed E-state index contributed by atoms with van der Waals surface area (Å²) in [6.45, 7) is 0.357. The van der Waals surface area contributed by atoms with Gasteiger partial charge in [0.25, 0.3) is 0 Å². The molecule has 1 heterocycles. The molecule has 3 aromatic rings. The summed E-state index contributed by atoms with van der Waals surface area (Å²) in [5.41, 5.74) is 1.82. The second-order valence-electron chi connectivity index (χ2n) is 4.98. The van der Waals surface area contributed by atoms with Crippen LogP contribution in [0.25, 0.3) is 10.9 Å². The molecule has 0 saturated carbocycles. The number of nitrogens with zero attached hydrogens (tertiary/aromatic N) is 1. The first-order valence-corrected chi connectivity index (χ1v) is 8.04. The van der Waals surface area contributed by atoms with Crippen molar-refractivity contribution in [1.29, 1.82) is 5.26 Å². The van der Waals surface area contributed by atoms with Gasteiger partial charge in [0.2, 0.25) is 0 Å². The smallest absolute Gasteiger partial charge is 0.356 e. The molecule has 0 spiro atoms. The molecule has 3 rings (SSSR count). The Kier molecular flexibility index (Phi) is 4.82. The monoisotopic (exact) mass is 384 g/mol. The number of carbonyl (C=O) groups excluding carboxylic acids is 1. The molecule has 1 aromatic heterocycles. The van der Waals surface area contributed by atoms with E-state index < -0.39 is 5.97 Å². The molecule has 0 amide bonds. The first kappa shape index (κ1) is 16.1. The number of hydrogen-bond donors (Lipinski definition) is 1. The minimum atomic E-state index is -0.443. The van der Waals surface area contributed by atoms with E-state index in [4.69, 9.17) is 14.7 Å². The normalized spacial score (nSPS) is 10.3. The Balaban J connectivity index is 1.55. The van der Waals surface area contributed by atoms with Gasteiger partial charge in [0, 0.05) is 10.9 Å². The average Bonchev–Trinajstić information content (AvgIpc) is 2.96. The Morgan fingerprint density at radius 3 is 2.58 bits per heavy atom. The van der Waals surface area contributed by atoms with Gasteiger partial charge in [-0.25, -0.2) is 4.79 Å². The molecule has 0 aliphatic carbocycles. The number of aromatic amines is 1. The molecule has 0 saturated heterocycles. The van der Waals surface area contributed by atoms with Crippen LogP contribution in [0.5, 0.6) is 5.75 Å². The van der Waals surface area contributed by atoms with Crippen LogP contribution in [0.2, 0.25) is 0 Å². The van der Waals surface area contributed by atoms with Crippen molar-refractivity contribution >= 4 is 32.8 Å². The predicted molar refractivity (Wildman–Crippen MR) is 92.9 cm³/mol. The number of carbonyl (C=O) groups is 1. The van der Waals surface area contributed by atoms with Crippen molar-refractivity contribution in [3.63, 3.8) is 0 Å². The van der Waals surface area contributed by atoms with Gasteiger partial charge in [0.15, 0.2) is 0 Å². The first-order chi connectivity index (χ1) is 11.7. The lowest BCUT2D eigenvalue weighted by Gasteiger charge is -2.07. The summed E-state index contributed by atoms with van der Waals surface area (Å²) >= 11 is 3.42. The Morgan fingerprint density at radius 2 is 1.88 bits per heavy atom. The second-order valence-corrected chi connectivity index (χ2v) is 5.77. The van der Waals surface area contributed by atoms with Gasteiger partial charge < -0.3 is 14.5 Å². The molecular weight excluding hydrogens is 372 g/mol. The number of H-pyrrole nitrogens is 1. The third-order valence-corrected chi connectivity index (χ3v) is 4.24. The Labute approximate surface area is 146 Å². The molecule has 0 aliphatic heterocycles. The highest BCUT2D eigenvalue weighted by Crippen LogP contribution is 2.28. The van der Waals surface area contributed by atoms with Crippen molar-refractivity contribution in [3.8, 4) is 11.8 Å². The highest BCUT2D eigenvalue weighted by molar-refractivity contribution is 9.10. The third-order valence-electron chi connectivity index (χ3n) is 3.42. The van der Waals surface area contributed by atoms with Crippen molar-refractivity contribution in [2.24, 2.45) is 0 Å². The number of aromatic nitrogens is 1. The molecule has 0 atom stereocenters. The van der Waals surface area contributed by atoms with Crippen molar-refractivity contribution in [2.75, 3.05) is 13.2 Å². The van der Waals surface area contributed by atoms with Gasteiger partial charge in [-0.3, -0.25) is 0 Å². The van der Waals surface area contributed by atoms with E-state index in [-0.39, 0.29) is 13.2 Å². The highest BCUT2D eigenvalue weighted by Gasteiger charge is 2.16. The zero-order valence-corrected chi connectivity index (χ0v) is 14.2. The summed E-state index contributed by atoms with van der Waals surface area (Å²) in [5.74, 6) is 0.179. The van der Waals surface area contributed by atoms with Gasteiger partial charge >= 0.3 is 5.97 Å². The predicted octanol–water partition coefficient (Wildman–Crippen LogP) is 4.04. The van der Waals surface area contributed by atoms with E-state index in [1.807, 2.05) is 30.3 Å². The number of nitriles is 1. The standard InChI is InChI=1S/C18H13BrN2O3/c19-16-14-3-1-2-4-15(14)21-17(16)18(22)24-10-9-23-13-7-5-12(11-20)6-8-13/h1-8,21H,9-10H2. The maximum Gasteiger partial charge on any atom is 0.356 e. The molecule has 2 aromatic carbocycles. The number of hydrogen-bond acceptors (Lipinski definition) is 4. The van der Waals surface area contributed by atoms with Gasteiger partial charge in [-0.15, -0.1) is 0 Å². The van der Waals surface area contributed by atoms with E-state index in [1.54, 1.807) is 24.3 Å². The molecule has 0 aliphatic rings. The topological polar surface area (TPSA) is 75.1 Å². The fourth-order valence-corrected chi connectivity index (χ4v) is 2.85. The number of halogens is 1. The van der Waals surface area contributed by atoms with Crippen LogP contribution in [-0.2, 0) is 4.74 Å². The van der Waals surface area contributed by atoms with Crippen molar-refractivity contribution in [1.82, 2.24) is 4.98 Å². The largest absolute Gasteiger partial charge is 0.490 e. The molecule has 120 valence electrons. The van der Waals surface area contributed by atoms with E-state index in [2.05, 4.69) is 20.9 Å². The quantitative estimate of drug-likeness (QED) is 0.531. The average molecular weight is 385 g/mol. The third kappa shape index (κ3) is 3.42. The van der Waals surface area contributed by atoms with Crippen LogP contribution in [-0.4, -0.2) is 24.2 Å². The van der Waals surface area contributed by atoms with Crippen LogP contribution in [0.3, 0.4) is 0 Å². The molecule has 6 heteroatoms. The summed E-state index contributed by atoms with van der Waals surface area (Å²) in [4.78, 5) is 15.2. The van der Waals surface area contributed by atoms with Gasteiger partial charge in [-0.05, 0) is 46.3 Å². The molecule has 0 fully saturated rings. The molecule has 1 N–H and O–H groups in total. The van der Waals surface area contributed by atoms with Crippen LogP contribution in [0, 0.1) is 11.3 Å². The highest BCUT2D eigenvalue weighted by atomic mass is 79.9. The first-order valence-electron chi connectivity index (χ1n) is 7.25. The number of benzene rings is 2. The number of rotatable bonds is 5. The Bertz CT molecular complexity index is 910. The van der Waals surface area contributed by atoms with Crippen molar-refractivity contribution in [3.05, 3.63) is 64.3 Å². The van der Waals surface area contributed by atoms with Gasteiger partial charge in [-0.1, -0.05) is 18.2 Å². The Hall–Kier alpha value is -2.78. The van der Waals surface area contributed by atoms with Crippen LogP contribution in [0.1, 0.15) is 16.1 Å². The lowest BCUT2D eigenvalue weighted by Crippen LogP contribution is -2.13. The molecule has 0 unspecified atom stereocenters. The van der Waals surface area contributed by atoms with Gasteiger partial charge in [-0.2, -0.15) is 5.26 Å². The molecule has 0 bridgehead atoms. The zero-order valence-electron chi connectivity index (χ0n) is 12.6. The molecular formula is C18H13BrN2O3. The van der Waals surface area contributed by atoms with Gasteiger partial charge in [0.05, 0.1) is 16.1 Å². The maximum atomic E-state index is 12.2. The Morgan fingerprint density at radius 1 is 1.12 bits per heavy atom. The number of nitrogens with one attached hydrogen (secondary N) is 1. The van der Waals surface area contributed by atoms with E-state index in [1.165, 1.54) is 0 Å². The fourth-order valence-electron chi connectivity index (χ4n) is 2.24. The fraction of sp³-hybridized carbons (Fsp3) is 0.111. The van der Waals surface area contributed by atoms with E-state index in [0.717, 1.165) is 10.9 Å². The summed E-state index contributed by atoms with van der Waals surface area (Å²) in [6.07, 6.45) is 0. The minimum Gasteiger partial charge on any atom is -0.490 e.